The van der Waals surface area contributed by atoms with Gasteiger partial charge in [0, 0.05) is 0 Å². The Balaban J connectivity index is 2.05. The minimum atomic E-state index is -1.22. The highest BCUT2D eigenvalue weighted by Gasteiger charge is 2.21. The highest BCUT2D eigenvalue weighted by Crippen LogP contribution is 2.27. The van der Waals surface area contributed by atoms with Gasteiger partial charge in [0.15, 0.2) is 22.2 Å². The largest absolute Gasteiger partial charge is 0.285 e. The van der Waals surface area contributed by atoms with E-state index < -0.39 is 22.2 Å². The third kappa shape index (κ3) is 1.86. The van der Waals surface area contributed by atoms with Gasteiger partial charge in [0.25, 0.3) is 0 Å². The Hall–Kier alpha value is -0.560. The number of fused-ring (bicyclic) bond motifs is 2. The van der Waals surface area contributed by atoms with Crippen molar-refractivity contribution in [3.8, 4) is 0 Å². The Labute approximate surface area is 98.3 Å². The second-order valence-electron chi connectivity index (χ2n) is 3.81. The highest BCUT2D eigenvalue weighted by molar-refractivity contribution is 7.79. The molecule has 1 aromatic carbocycles. The average molecular weight is 258 g/mol. The number of hydrogen-bond donors (Lipinski definition) is 0. The van der Waals surface area contributed by atoms with Crippen LogP contribution in [0.15, 0.2) is 12.1 Å². The first-order valence-corrected chi connectivity index (χ1v) is 7.38. The van der Waals surface area contributed by atoms with E-state index in [0.717, 1.165) is 22.3 Å². The summed E-state index contributed by atoms with van der Waals surface area (Å²) < 4.78 is 32.7. The Morgan fingerprint density at radius 1 is 0.812 bits per heavy atom. The van der Waals surface area contributed by atoms with E-state index in [1.54, 1.807) is 0 Å². The van der Waals surface area contributed by atoms with Gasteiger partial charge in [0.05, 0.1) is 24.7 Å². The van der Waals surface area contributed by atoms with Crippen LogP contribution in [-0.2, 0) is 55.2 Å². The molecule has 2 atom stereocenters. The van der Waals surface area contributed by atoms with Crippen LogP contribution < -0.4 is 0 Å². The zero-order valence-electron chi connectivity index (χ0n) is 8.43. The lowest BCUT2D eigenvalue weighted by Gasteiger charge is -2.21. The quantitative estimate of drug-likeness (QED) is 0.698. The molecule has 0 spiro atoms. The van der Waals surface area contributed by atoms with E-state index in [2.05, 4.69) is 0 Å². The number of benzene rings is 1. The smallest absolute Gasteiger partial charge is 0.160 e. The number of rotatable bonds is 0. The lowest BCUT2D eigenvalue weighted by molar-refractivity contribution is 0.319. The Kier molecular flexibility index (Phi) is 2.67. The molecule has 0 bridgehead atoms. The lowest BCUT2D eigenvalue weighted by Crippen LogP contribution is -2.16. The molecule has 0 saturated carbocycles. The molecule has 1 aromatic rings. The van der Waals surface area contributed by atoms with Crippen molar-refractivity contribution in [1.82, 2.24) is 0 Å². The van der Waals surface area contributed by atoms with Gasteiger partial charge in [-0.05, 0) is 22.3 Å². The van der Waals surface area contributed by atoms with Gasteiger partial charge in [-0.1, -0.05) is 12.1 Å². The van der Waals surface area contributed by atoms with Gasteiger partial charge in [0.1, 0.15) is 0 Å². The summed E-state index contributed by atoms with van der Waals surface area (Å²) in [5.41, 5.74) is 4.22. The first kappa shape index (κ1) is 10.6. The molecule has 2 heterocycles. The molecular formula is C10H10O4S2. The van der Waals surface area contributed by atoms with E-state index in [-0.39, 0.29) is 0 Å². The molecule has 3 rings (SSSR count). The van der Waals surface area contributed by atoms with Gasteiger partial charge in [-0.3, -0.25) is 8.37 Å². The van der Waals surface area contributed by atoms with Gasteiger partial charge in [-0.25, -0.2) is 8.42 Å². The third-order valence-corrected chi connectivity index (χ3v) is 4.62. The van der Waals surface area contributed by atoms with Crippen molar-refractivity contribution >= 4 is 22.2 Å². The van der Waals surface area contributed by atoms with Crippen molar-refractivity contribution < 1.29 is 16.8 Å². The fourth-order valence-corrected chi connectivity index (χ4v) is 3.65. The van der Waals surface area contributed by atoms with Crippen molar-refractivity contribution in [2.45, 2.75) is 24.7 Å². The molecule has 0 fully saturated rings. The second-order valence-corrected chi connectivity index (χ2v) is 6.07. The summed E-state index contributed by atoms with van der Waals surface area (Å²) in [6, 6.07) is 4.00. The summed E-state index contributed by atoms with van der Waals surface area (Å²) in [7, 11) is 0. The third-order valence-electron chi connectivity index (χ3n) is 2.76. The van der Waals surface area contributed by atoms with Crippen molar-refractivity contribution in [2.24, 2.45) is 0 Å². The van der Waals surface area contributed by atoms with Crippen LogP contribution in [0.3, 0.4) is 0 Å². The van der Waals surface area contributed by atoms with Crippen LogP contribution in [-0.4, -0.2) is 8.42 Å². The van der Waals surface area contributed by atoms with E-state index in [9.17, 15) is 8.42 Å². The van der Waals surface area contributed by atoms with E-state index in [0.29, 0.717) is 24.7 Å². The van der Waals surface area contributed by atoms with Crippen molar-refractivity contribution in [3.05, 3.63) is 34.4 Å². The lowest BCUT2D eigenvalue weighted by atomic mass is 10.0. The maximum Gasteiger partial charge on any atom is 0.160 e. The predicted molar refractivity (Wildman–Crippen MR) is 59.7 cm³/mol. The molecule has 0 saturated heterocycles. The second kappa shape index (κ2) is 4.03. The van der Waals surface area contributed by atoms with Crippen LogP contribution in [0.5, 0.6) is 0 Å². The summed E-state index contributed by atoms with van der Waals surface area (Å²) in [5, 5.41) is 0. The van der Waals surface area contributed by atoms with Crippen LogP contribution in [0.2, 0.25) is 0 Å². The normalized spacial score (nSPS) is 28.2. The van der Waals surface area contributed by atoms with Crippen molar-refractivity contribution in [3.63, 3.8) is 0 Å². The molecule has 0 unspecified atom stereocenters. The number of hydrogen-bond acceptors (Lipinski definition) is 4. The van der Waals surface area contributed by atoms with E-state index >= 15 is 0 Å². The molecular weight excluding hydrogens is 248 g/mol. The molecule has 6 heteroatoms. The van der Waals surface area contributed by atoms with Gasteiger partial charge >= 0.3 is 0 Å². The van der Waals surface area contributed by atoms with Crippen LogP contribution in [0.1, 0.15) is 22.3 Å². The van der Waals surface area contributed by atoms with E-state index in [4.69, 9.17) is 8.37 Å². The fourth-order valence-electron chi connectivity index (χ4n) is 1.92. The predicted octanol–water partition coefficient (Wildman–Crippen LogP) is 1.07. The monoisotopic (exact) mass is 258 g/mol. The Bertz CT molecular complexity index is 457. The molecule has 0 N–H and O–H groups in total. The average Bonchev–Trinajstić information content (AvgIpc) is 2.26. The standard InChI is InChI=1S/C10H10O4S2/c11-15-5-9-2-10-6-16(12)14-4-8(10)1-7(9)3-13-15/h1-2H,3-6H2/t15-,16+. The molecule has 0 amide bonds. The fraction of sp³-hybridized carbons (Fsp3) is 0.400. The molecule has 86 valence electrons. The van der Waals surface area contributed by atoms with Gasteiger partial charge < -0.3 is 0 Å². The summed E-state index contributed by atoms with van der Waals surface area (Å²) in [6.07, 6.45) is 0. The van der Waals surface area contributed by atoms with Crippen LogP contribution in [0.25, 0.3) is 0 Å². The SMILES string of the molecule is O=[S@@]1Cc2cc3c(cc2CO1)CO[S@@](=O)C3. The van der Waals surface area contributed by atoms with Crippen LogP contribution >= 0.6 is 0 Å². The summed E-state index contributed by atoms with van der Waals surface area (Å²) >= 11 is -2.44. The first-order valence-electron chi connectivity index (χ1n) is 4.89. The van der Waals surface area contributed by atoms with E-state index in [1.807, 2.05) is 12.1 Å². The summed E-state index contributed by atoms with van der Waals surface area (Å²) in [6.45, 7) is 0.774. The van der Waals surface area contributed by atoms with Crippen LogP contribution in [0.4, 0.5) is 0 Å². The van der Waals surface area contributed by atoms with Crippen molar-refractivity contribution in [1.29, 1.82) is 0 Å². The maximum absolute atomic E-state index is 11.3. The molecule has 0 aromatic heterocycles. The molecule has 0 radical (unpaired) electrons. The molecule has 2 aliphatic heterocycles. The van der Waals surface area contributed by atoms with Gasteiger partial charge in [-0.2, -0.15) is 0 Å². The minimum absolute atomic E-state index is 0.387. The summed E-state index contributed by atoms with van der Waals surface area (Å²) in [5.74, 6) is 0.853. The van der Waals surface area contributed by atoms with Crippen molar-refractivity contribution in [2.75, 3.05) is 0 Å². The maximum atomic E-state index is 11.3. The zero-order valence-corrected chi connectivity index (χ0v) is 10.1. The van der Waals surface area contributed by atoms with Crippen LogP contribution in [0, 0.1) is 0 Å². The Morgan fingerprint density at radius 3 is 1.75 bits per heavy atom. The molecule has 0 aliphatic carbocycles. The van der Waals surface area contributed by atoms with Gasteiger partial charge in [-0.15, -0.1) is 0 Å². The molecule has 2 aliphatic rings. The zero-order chi connectivity index (χ0) is 11.1. The first-order chi connectivity index (χ1) is 7.72. The molecule has 16 heavy (non-hydrogen) atoms. The van der Waals surface area contributed by atoms with E-state index in [1.165, 1.54) is 0 Å². The summed E-state index contributed by atoms with van der Waals surface area (Å²) in [4.78, 5) is 0. The van der Waals surface area contributed by atoms with Gasteiger partial charge in [0.2, 0.25) is 0 Å². The topological polar surface area (TPSA) is 52.6 Å². The highest BCUT2D eigenvalue weighted by atomic mass is 32.2. The molecule has 4 nitrogen and oxygen atoms in total. The minimum Gasteiger partial charge on any atom is -0.285 e. The Morgan fingerprint density at radius 2 is 1.25 bits per heavy atom.